The van der Waals surface area contributed by atoms with Crippen molar-refractivity contribution in [2.24, 2.45) is 29.1 Å². The molecule has 0 spiro atoms. The number of carbonyl (C=O) groups excluding carboxylic acids is 1. The maximum atomic E-state index is 12.8. The Labute approximate surface area is 163 Å². The van der Waals surface area contributed by atoms with Gasteiger partial charge in [-0.1, -0.05) is 51.1 Å². The van der Waals surface area contributed by atoms with E-state index in [2.05, 4.69) is 62.9 Å². The van der Waals surface area contributed by atoms with Crippen molar-refractivity contribution in [3.05, 3.63) is 35.9 Å². The van der Waals surface area contributed by atoms with Gasteiger partial charge in [-0.2, -0.15) is 0 Å². The molecule has 0 unspecified atom stereocenters. The van der Waals surface area contributed by atoms with Gasteiger partial charge in [-0.15, -0.1) is 0 Å². The van der Waals surface area contributed by atoms with E-state index in [-0.39, 0.29) is 23.7 Å². The fourth-order valence-electron chi connectivity index (χ4n) is 6.90. The van der Waals surface area contributed by atoms with Crippen LogP contribution in [0.15, 0.2) is 30.3 Å². The number of likely N-dealkylation sites (tertiary alicyclic amines) is 1. The smallest absolute Gasteiger partial charge is 0.254 e. The van der Waals surface area contributed by atoms with E-state index in [9.17, 15) is 4.79 Å². The normalized spacial score (nSPS) is 44.0. The summed E-state index contributed by atoms with van der Waals surface area (Å²) in [7, 11) is 0. The third-order valence-corrected chi connectivity index (χ3v) is 8.53. The maximum absolute atomic E-state index is 12.8. The van der Waals surface area contributed by atoms with Crippen LogP contribution in [0.25, 0.3) is 0 Å². The molecule has 4 fully saturated rings. The number of rotatable bonds is 4. The van der Waals surface area contributed by atoms with E-state index in [0.717, 1.165) is 37.6 Å². The number of fused-ring (bicyclic) bond motifs is 3. The third-order valence-electron chi connectivity index (χ3n) is 8.53. The van der Waals surface area contributed by atoms with Crippen LogP contribution >= 0.6 is 0 Å². The largest absolute Gasteiger partial charge is 0.360 e. The number of amides is 1. The molecule has 5 rings (SSSR count). The van der Waals surface area contributed by atoms with E-state index < -0.39 is 0 Å². The summed E-state index contributed by atoms with van der Waals surface area (Å²) in [5.41, 5.74) is 1.72. The molecule has 0 bridgehead atoms. The Hall–Kier alpha value is -1.35. The minimum absolute atomic E-state index is 0.135. The first-order chi connectivity index (χ1) is 12.9. The topological polar surface area (TPSA) is 29.5 Å². The van der Waals surface area contributed by atoms with Crippen LogP contribution in [0.1, 0.15) is 52.5 Å². The monoisotopic (exact) mass is 367 g/mol. The molecular weight excluding hydrogens is 334 g/mol. The second-order valence-corrected chi connectivity index (χ2v) is 10.3. The molecule has 1 aromatic rings. The van der Waals surface area contributed by atoms with E-state index in [1.807, 2.05) is 0 Å². The first-order valence-corrected chi connectivity index (χ1v) is 10.9. The Morgan fingerprint density at radius 1 is 1.11 bits per heavy atom. The summed E-state index contributed by atoms with van der Waals surface area (Å²) in [6.07, 6.45) is 4.28. The molecule has 3 nitrogen and oxygen atoms in total. The second kappa shape index (κ2) is 5.83. The Morgan fingerprint density at radius 3 is 2.56 bits per heavy atom. The molecule has 2 aliphatic carbocycles. The van der Waals surface area contributed by atoms with Crippen molar-refractivity contribution in [1.29, 1.82) is 0 Å². The van der Waals surface area contributed by atoms with Gasteiger partial charge in [0.15, 0.2) is 6.10 Å². The van der Waals surface area contributed by atoms with Crippen molar-refractivity contribution >= 4 is 5.91 Å². The standard InChI is InChI=1S/C24H33NO2/c1-5-11-25-20-16(12-15-9-7-6-8-10-15)17-13-18-19(23(18,2)3)14-24(17,4)27-21(20)22(25)26/h6-10,16-21H,5,11-14H2,1-4H3/t16-,17+,18+,19-,20+,21-,24+/m0/s1. The fraction of sp³-hybridized carbons (Fsp3) is 0.708. The van der Waals surface area contributed by atoms with Gasteiger partial charge < -0.3 is 9.64 Å². The van der Waals surface area contributed by atoms with Crippen LogP contribution < -0.4 is 0 Å². The Balaban J connectivity index is 1.49. The van der Waals surface area contributed by atoms with Gasteiger partial charge in [0.05, 0.1) is 11.6 Å². The zero-order valence-electron chi connectivity index (χ0n) is 17.2. The summed E-state index contributed by atoms with van der Waals surface area (Å²) in [6.45, 7) is 10.2. The van der Waals surface area contributed by atoms with Gasteiger partial charge in [-0.05, 0) is 67.3 Å². The van der Waals surface area contributed by atoms with Gasteiger partial charge in [-0.3, -0.25) is 4.79 Å². The highest BCUT2D eigenvalue weighted by atomic mass is 16.5. The predicted molar refractivity (Wildman–Crippen MR) is 106 cm³/mol. The molecule has 2 saturated heterocycles. The lowest BCUT2D eigenvalue weighted by Gasteiger charge is -2.62. The van der Waals surface area contributed by atoms with Gasteiger partial charge in [0, 0.05) is 6.54 Å². The minimum atomic E-state index is -0.204. The zero-order chi connectivity index (χ0) is 19.0. The van der Waals surface area contributed by atoms with Crippen molar-refractivity contribution < 1.29 is 9.53 Å². The molecular formula is C24H33NO2. The van der Waals surface area contributed by atoms with Crippen molar-refractivity contribution in [3.8, 4) is 0 Å². The number of ether oxygens (including phenoxy) is 1. The molecule has 146 valence electrons. The average molecular weight is 368 g/mol. The summed E-state index contributed by atoms with van der Waals surface area (Å²) < 4.78 is 6.63. The van der Waals surface area contributed by atoms with Crippen LogP contribution in [-0.2, 0) is 16.0 Å². The highest BCUT2D eigenvalue weighted by molar-refractivity contribution is 5.89. The average Bonchev–Trinajstić information content (AvgIpc) is 3.17. The Bertz CT molecular complexity index is 744. The van der Waals surface area contributed by atoms with Gasteiger partial charge >= 0.3 is 0 Å². The van der Waals surface area contributed by atoms with Gasteiger partial charge in [0.2, 0.25) is 0 Å². The summed E-state index contributed by atoms with van der Waals surface area (Å²) >= 11 is 0. The van der Waals surface area contributed by atoms with Crippen LogP contribution in [0.3, 0.4) is 0 Å². The van der Waals surface area contributed by atoms with E-state index in [1.165, 1.54) is 12.0 Å². The zero-order valence-corrected chi connectivity index (χ0v) is 17.2. The number of hydrogen-bond acceptors (Lipinski definition) is 2. The molecule has 2 saturated carbocycles. The van der Waals surface area contributed by atoms with E-state index in [4.69, 9.17) is 4.74 Å². The Kier molecular flexibility index (Phi) is 3.82. The van der Waals surface area contributed by atoms with Gasteiger partial charge in [-0.25, -0.2) is 0 Å². The van der Waals surface area contributed by atoms with Crippen LogP contribution in [0.4, 0.5) is 0 Å². The van der Waals surface area contributed by atoms with Gasteiger partial charge in [0.25, 0.3) is 5.91 Å². The number of benzene rings is 1. The lowest BCUT2D eigenvalue weighted by atomic mass is 9.61. The highest BCUT2D eigenvalue weighted by Crippen LogP contribution is 2.70. The summed E-state index contributed by atoms with van der Waals surface area (Å²) in [5.74, 6) is 2.91. The molecule has 0 aromatic heterocycles. The quantitative estimate of drug-likeness (QED) is 0.742. The van der Waals surface area contributed by atoms with Crippen LogP contribution in [0.2, 0.25) is 0 Å². The van der Waals surface area contributed by atoms with E-state index in [1.54, 1.807) is 0 Å². The number of nitrogens with zero attached hydrogens (tertiary/aromatic N) is 1. The summed E-state index contributed by atoms with van der Waals surface area (Å²) in [5, 5.41) is 0. The van der Waals surface area contributed by atoms with Crippen LogP contribution in [-0.4, -0.2) is 35.1 Å². The molecule has 3 heteroatoms. The number of carbonyl (C=O) groups is 1. The number of hydrogen-bond donors (Lipinski definition) is 0. The molecule has 0 radical (unpaired) electrons. The van der Waals surface area contributed by atoms with Crippen molar-refractivity contribution in [2.75, 3.05) is 6.54 Å². The lowest BCUT2D eigenvalue weighted by molar-refractivity contribution is -0.255. The fourth-order valence-corrected chi connectivity index (χ4v) is 6.90. The molecule has 2 aliphatic heterocycles. The molecule has 4 aliphatic rings. The van der Waals surface area contributed by atoms with Crippen molar-refractivity contribution in [3.63, 3.8) is 0 Å². The number of β-lactam (4-membered cyclic amide) rings is 1. The minimum Gasteiger partial charge on any atom is -0.360 e. The maximum Gasteiger partial charge on any atom is 0.254 e. The van der Waals surface area contributed by atoms with Gasteiger partial charge in [0.1, 0.15) is 0 Å². The third kappa shape index (κ3) is 2.46. The van der Waals surface area contributed by atoms with Crippen molar-refractivity contribution in [2.45, 2.75) is 71.1 Å². The molecule has 1 aromatic carbocycles. The molecule has 1 amide bonds. The molecule has 27 heavy (non-hydrogen) atoms. The SMILES string of the molecule is CCCN1C(=O)[C@H]2O[C@]3(C)C[C@H]4[C@@H](C[C@@H]3[C@H](Cc3ccccc3)[C@H]21)C4(C)C. The Morgan fingerprint density at radius 2 is 1.85 bits per heavy atom. The van der Waals surface area contributed by atoms with Crippen LogP contribution in [0, 0.1) is 29.1 Å². The molecule has 7 atom stereocenters. The van der Waals surface area contributed by atoms with E-state index >= 15 is 0 Å². The van der Waals surface area contributed by atoms with Crippen molar-refractivity contribution in [1.82, 2.24) is 4.90 Å². The second-order valence-electron chi connectivity index (χ2n) is 10.3. The molecule has 2 heterocycles. The predicted octanol–water partition coefficient (Wildman–Crippen LogP) is 4.31. The first-order valence-electron chi connectivity index (χ1n) is 10.9. The lowest BCUT2D eigenvalue weighted by Crippen LogP contribution is -2.75. The van der Waals surface area contributed by atoms with E-state index in [0.29, 0.717) is 17.3 Å². The highest BCUT2D eigenvalue weighted by Gasteiger charge is 2.70. The van der Waals surface area contributed by atoms with Crippen LogP contribution in [0.5, 0.6) is 0 Å². The summed E-state index contributed by atoms with van der Waals surface area (Å²) in [4.78, 5) is 14.9. The molecule has 0 N–H and O–H groups in total. The first kappa shape index (κ1) is 17.7. The summed E-state index contributed by atoms with van der Waals surface area (Å²) in [6, 6.07) is 11.1.